The summed E-state index contributed by atoms with van der Waals surface area (Å²) in [6.45, 7) is 7.25. The molecule has 1 N–H and O–H groups in total. The molecule has 0 aliphatic carbocycles. The number of benzene rings is 1. The lowest BCUT2D eigenvalue weighted by atomic mass is 10.1. The highest BCUT2D eigenvalue weighted by atomic mass is 16.5. The lowest BCUT2D eigenvalue weighted by Gasteiger charge is -2.13. The predicted molar refractivity (Wildman–Crippen MR) is 76.3 cm³/mol. The summed E-state index contributed by atoms with van der Waals surface area (Å²) in [7, 11) is 1.79. The molecular formula is C15H21N3O. The van der Waals surface area contributed by atoms with E-state index < -0.39 is 0 Å². The van der Waals surface area contributed by atoms with Crippen molar-refractivity contribution >= 4 is 11.0 Å². The van der Waals surface area contributed by atoms with E-state index in [9.17, 15) is 0 Å². The van der Waals surface area contributed by atoms with Crippen LogP contribution >= 0.6 is 0 Å². The van der Waals surface area contributed by atoms with Crippen molar-refractivity contribution in [1.82, 2.24) is 14.9 Å². The smallest absolute Gasteiger partial charge is 0.121 e. The molecule has 1 aliphatic rings. The van der Waals surface area contributed by atoms with E-state index in [0.29, 0.717) is 6.10 Å². The van der Waals surface area contributed by atoms with Crippen molar-refractivity contribution in [1.29, 1.82) is 0 Å². The van der Waals surface area contributed by atoms with Crippen LogP contribution in [-0.2, 0) is 11.3 Å². The zero-order valence-electron chi connectivity index (χ0n) is 11.9. The minimum absolute atomic E-state index is 0.383. The second-order valence-corrected chi connectivity index (χ2v) is 5.47. The fourth-order valence-corrected chi connectivity index (χ4v) is 2.78. The number of imidazole rings is 1. The highest BCUT2D eigenvalue weighted by Crippen LogP contribution is 2.21. The summed E-state index contributed by atoms with van der Waals surface area (Å²) < 4.78 is 5.40. The van der Waals surface area contributed by atoms with Gasteiger partial charge in [-0.2, -0.15) is 0 Å². The van der Waals surface area contributed by atoms with E-state index >= 15 is 0 Å². The molecule has 0 saturated carbocycles. The van der Waals surface area contributed by atoms with Gasteiger partial charge in [0.05, 0.1) is 23.7 Å². The Morgan fingerprint density at radius 2 is 2.26 bits per heavy atom. The molecule has 0 bridgehead atoms. The zero-order chi connectivity index (χ0) is 13.4. The number of rotatable bonds is 3. The van der Waals surface area contributed by atoms with Crippen LogP contribution in [0.15, 0.2) is 12.1 Å². The third kappa shape index (κ3) is 2.38. The van der Waals surface area contributed by atoms with Crippen LogP contribution in [0.4, 0.5) is 0 Å². The van der Waals surface area contributed by atoms with Crippen molar-refractivity contribution < 1.29 is 4.74 Å². The quantitative estimate of drug-likeness (QED) is 0.920. The molecular weight excluding hydrogens is 238 g/mol. The maximum atomic E-state index is 5.40. The molecule has 2 aromatic rings. The second kappa shape index (κ2) is 4.94. The fraction of sp³-hybridized carbons (Fsp3) is 0.533. The topological polar surface area (TPSA) is 41.1 Å². The number of methoxy groups -OCH3 is 1. The van der Waals surface area contributed by atoms with Crippen LogP contribution in [0, 0.1) is 13.8 Å². The number of nitrogens with one attached hydrogen (secondary N) is 1. The second-order valence-electron chi connectivity index (χ2n) is 5.47. The van der Waals surface area contributed by atoms with Crippen molar-refractivity contribution in [3.63, 3.8) is 0 Å². The van der Waals surface area contributed by atoms with Gasteiger partial charge in [-0.3, -0.25) is 4.90 Å². The molecule has 2 heterocycles. The summed E-state index contributed by atoms with van der Waals surface area (Å²) in [4.78, 5) is 10.6. The lowest BCUT2D eigenvalue weighted by molar-refractivity contribution is 0.107. The minimum Gasteiger partial charge on any atom is -0.380 e. The Kier molecular flexibility index (Phi) is 3.29. The first-order valence-electron chi connectivity index (χ1n) is 6.87. The van der Waals surface area contributed by atoms with Crippen LogP contribution < -0.4 is 0 Å². The Hall–Kier alpha value is -1.39. The van der Waals surface area contributed by atoms with Crippen LogP contribution in [0.3, 0.4) is 0 Å². The average Bonchev–Trinajstić information content (AvgIpc) is 3.01. The molecule has 1 atom stereocenters. The molecule has 0 radical (unpaired) electrons. The summed E-state index contributed by atoms with van der Waals surface area (Å²) in [6, 6.07) is 4.27. The number of aryl methyl sites for hydroxylation is 2. The van der Waals surface area contributed by atoms with Crippen LogP contribution in [0.2, 0.25) is 0 Å². The first-order valence-corrected chi connectivity index (χ1v) is 6.87. The fourth-order valence-electron chi connectivity index (χ4n) is 2.78. The molecule has 0 spiro atoms. The summed E-state index contributed by atoms with van der Waals surface area (Å²) in [5.74, 6) is 1.06. The number of nitrogens with zero attached hydrogens (tertiary/aromatic N) is 2. The standard InChI is InChI=1S/C15H21N3O/c1-10-4-5-13-15(11(10)2)17-14(16-13)9-18-7-6-12(8-18)19-3/h4-5,12H,6-9H2,1-3H3,(H,16,17)/t12-/m1/s1. The largest absolute Gasteiger partial charge is 0.380 e. The van der Waals surface area contributed by atoms with Crippen molar-refractivity contribution in [2.24, 2.45) is 0 Å². The number of likely N-dealkylation sites (tertiary alicyclic amines) is 1. The summed E-state index contributed by atoms with van der Waals surface area (Å²) >= 11 is 0. The Balaban J connectivity index is 1.81. The number of fused-ring (bicyclic) bond motifs is 1. The molecule has 1 aromatic heterocycles. The van der Waals surface area contributed by atoms with E-state index in [-0.39, 0.29) is 0 Å². The van der Waals surface area contributed by atoms with E-state index in [1.807, 2.05) is 0 Å². The Bertz CT molecular complexity index is 590. The van der Waals surface area contributed by atoms with E-state index in [4.69, 9.17) is 9.72 Å². The van der Waals surface area contributed by atoms with Crippen LogP contribution in [0.1, 0.15) is 23.4 Å². The summed E-state index contributed by atoms with van der Waals surface area (Å²) in [5.41, 5.74) is 4.82. The van der Waals surface area contributed by atoms with Gasteiger partial charge < -0.3 is 9.72 Å². The highest BCUT2D eigenvalue weighted by molar-refractivity contribution is 5.79. The van der Waals surface area contributed by atoms with Crippen molar-refractivity contribution in [2.45, 2.75) is 32.9 Å². The maximum absolute atomic E-state index is 5.40. The van der Waals surface area contributed by atoms with Gasteiger partial charge in [0.15, 0.2) is 0 Å². The van der Waals surface area contributed by atoms with E-state index in [1.165, 1.54) is 11.1 Å². The molecule has 0 amide bonds. The normalized spacial score (nSPS) is 20.5. The van der Waals surface area contributed by atoms with Crippen LogP contribution in [0.5, 0.6) is 0 Å². The molecule has 1 fully saturated rings. The minimum atomic E-state index is 0.383. The summed E-state index contributed by atoms with van der Waals surface area (Å²) in [6.07, 6.45) is 1.50. The number of H-pyrrole nitrogens is 1. The molecule has 0 unspecified atom stereocenters. The molecule has 3 rings (SSSR count). The Morgan fingerprint density at radius 1 is 1.42 bits per heavy atom. The number of hydrogen-bond acceptors (Lipinski definition) is 3. The van der Waals surface area contributed by atoms with Gasteiger partial charge in [0.1, 0.15) is 5.82 Å². The van der Waals surface area contributed by atoms with Gasteiger partial charge in [0.2, 0.25) is 0 Å². The van der Waals surface area contributed by atoms with Crippen LogP contribution in [-0.4, -0.2) is 41.2 Å². The Labute approximate surface area is 113 Å². The van der Waals surface area contributed by atoms with Gasteiger partial charge in [-0.05, 0) is 37.5 Å². The average molecular weight is 259 g/mol. The monoisotopic (exact) mass is 259 g/mol. The van der Waals surface area contributed by atoms with Gasteiger partial charge in [0.25, 0.3) is 0 Å². The number of hydrogen-bond donors (Lipinski definition) is 1. The van der Waals surface area contributed by atoms with Crippen molar-refractivity contribution in [3.8, 4) is 0 Å². The van der Waals surface area contributed by atoms with E-state index in [0.717, 1.165) is 42.9 Å². The third-order valence-corrected chi connectivity index (χ3v) is 4.16. The first-order chi connectivity index (χ1) is 9.17. The van der Waals surface area contributed by atoms with Gasteiger partial charge in [0, 0.05) is 20.2 Å². The highest BCUT2D eigenvalue weighted by Gasteiger charge is 2.22. The molecule has 1 aliphatic heterocycles. The molecule has 1 saturated heterocycles. The van der Waals surface area contributed by atoms with Gasteiger partial charge in [-0.1, -0.05) is 6.07 Å². The Morgan fingerprint density at radius 3 is 3.00 bits per heavy atom. The molecule has 4 nitrogen and oxygen atoms in total. The van der Waals surface area contributed by atoms with E-state index in [2.05, 4.69) is 35.9 Å². The SMILES string of the molecule is CO[C@@H]1CCN(Cc2nc3c(C)c(C)ccc3[nH]2)C1. The number of aromatic amines is 1. The predicted octanol–water partition coefficient (Wildman–Crippen LogP) is 2.40. The van der Waals surface area contributed by atoms with Gasteiger partial charge in [-0.15, -0.1) is 0 Å². The van der Waals surface area contributed by atoms with Gasteiger partial charge >= 0.3 is 0 Å². The number of ether oxygens (including phenoxy) is 1. The molecule has 1 aromatic carbocycles. The van der Waals surface area contributed by atoms with Crippen LogP contribution in [0.25, 0.3) is 11.0 Å². The number of aromatic nitrogens is 2. The lowest BCUT2D eigenvalue weighted by Crippen LogP contribution is -2.22. The maximum Gasteiger partial charge on any atom is 0.121 e. The van der Waals surface area contributed by atoms with E-state index in [1.54, 1.807) is 7.11 Å². The zero-order valence-corrected chi connectivity index (χ0v) is 11.9. The summed E-state index contributed by atoms with van der Waals surface area (Å²) in [5, 5.41) is 0. The molecule has 102 valence electrons. The van der Waals surface area contributed by atoms with Crippen molar-refractivity contribution in [3.05, 3.63) is 29.1 Å². The molecule has 19 heavy (non-hydrogen) atoms. The first kappa shape index (κ1) is 12.6. The third-order valence-electron chi connectivity index (χ3n) is 4.16. The van der Waals surface area contributed by atoms with Gasteiger partial charge in [-0.25, -0.2) is 4.98 Å². The van der Waals surface area contributed by atoms with Crippen molar-refractivity contribution in [2.75, 3.05) is 20.2 Å². The molecule has 4 heteroatoms.